The Kier molecular flexibility index (Phi) is 4.52. The van der Waals surface area contributed by atoms with Gasteiger partial charge < -0.3 is 9.88 Å². The molecule has 4 aromatic rings. The Bertz CT molecular complexity index is 1010. The van der Waals surface area contributed by atoms with Crippen molar-refractivity contribution in [1.29, 1.82) is 0 Å². The molecule has 0 saturated carbocycles. The van der Waals surface area contributed by atoms with Crippen LogP contribution in [-0.4, -0.2) is 10.9 Å². The Morgan fingerprint density at radius 3 is 2.31 bits per heavy atom. The highest BCUT2D eigenvalue weighted by Gasteiger charge is 2.17. The zero-order valence-electron chi connectivity index (χ0n) is 14.4. The number of anilines is 1. The molecule has 0 saturated heterocycles. The fraction of sp³-hybridized carbons (Fsp3) is 0.0870. The molecule has 1 N–H and O–H groups in total. The van der Waals surface area contributed by atoms with Crippen LogP contribution in [-0.2, 0) is 17.8 Å². The van der Waals surface area contributed by atoms with Gasteiger partial charge in [-0.15, -0.1) is 0 Å². The van der Waals surface area contributed by atoms with Gasteiger partial charge in [0.2, 0.25) is 5.91 Å². The van der Waals surface area contributed by atoms with Crippen LogP contribution in [0.15, 0.2) is 91.1 Å². The molecule has 0 spiro atoms. The number of aromatic amines is 1. The number of carbonyl (C=O) groups excluding carboxylic acids is 1. The van der Waals surface area contributed by atoms with E-state index in [1.54, 1.807) is 0 Å². The number of fused-ring (bicyclic) bond motifs is 1. The lowest BCUT2D eigenvalue weighted by Gasteiger charge is -2.23. The molecule has 1 heterocycles. The Morgan fingerprint density at radius 1 is 0.808 bits per heavy atom. The van der Waals surface area contributed by atoms with E-state index in [4.69, 9.17) is 0 Å². The van der Waals surface area contributed by atoms with Crippen LogP contribution in [0.3, 0.4) is 0 Å². The van der Waals surface area contributed by atoms with Crippen molar-refractivity contribution in [3.8, 4) is 0 Å². The van der Waals surface area contributed by atoms with Gasteiger partial charge in [0.1, 0.15) is 0 Å². The predicted octanol–water partition coefficient (Wildman–Crippen LogP) is 4.94. The Labute approximate surface area is 152 Å². The third-order valence-corrected chi connectivity index (χ3v) is 4.53. The Balaban J connectivity index is 1.60. The lowest BCUT2D eigenvalue weighted by atomic mass is 10.1. The summed E-state index contributed by atoms with van der Waals surface area (Å²) in [6.45, 7) is 0.564. The minimum Gasteiger partial charge on any atom is -0.361 e. The number of carbonyl (C=O) groups is 1. The quantitative estimate of drug-likeness (QED) is 0.548. The van der Waals surface area contributed by atoms with Crippen molar-refractivity contribution in [1.82, 2.24) is 4.98 Å². The summed E-state index contributed by atoms with van der Waals surface area (Å²) in [5.41, 5.74) is 4.11. The molecule has 0 fully saturated rings. The highest BCUT2D eigenvalue weighted by atomic mass is 16.2. The SMILES string of the molecule is O=C(Cc1ccc2cc[nH]c2c1)N(Cc1ccccc1)c1ccccc1. The second kappa shape index (κ2) is 7.28. The minimum absolute atomic E-state index is 0.0889. The van der Waals surface area contributed by atoms with Gasteiger partial charge in [-0.3, -0.25) is 4.79 Å². The molecule has 0 aliphatic carbocycles. The molecule has 1 aromatic heterocycles. The van der Waals surface area contributed by atoms with Crippen molar-refractivity contribution in [2.45, 2.75) is 13.0 Å². The molecule has 3 nitrogen and oxygen atoms in total. The van der Waals surface area contributed by atoms with E-state index >= 15 is 0 Å². The normalized spacial score (nSPS) is 10.8. The highest BCUT2D eigenvalue weighted by molar-refractivity contribution is 5.95. The molecule has 0 aliphatic heterocycles. The molecule has 4 rings (SSSR count). The molecular weight excluding hydrogens is 320 g/mol. The first-order valence-corrected chi connectivity index (χ1v) is 8.75. The molecule has 0 aliphatic rings. The van der Waals surface area contributed by atoms with Crippen LogP contribution in [0.25, 0.3) is 10.9 Å². The molecule has 0 atom stereocenters. The van der Waals surface area contributed by atoms with Gasteiger partial charge in [0, 0.05) is 17.4 Å². The first-order valence-electron chi connectivity index (χ1n) is 8.75. The van der Waals surface area contributed by atoms with Crippen molar-refractivity contribution in [3.05, 3.63) is 102 Å². The van der Waals surface area contributed by atoms with Gasteiger partial charge >= 0.3 is 0 Å². The number of aromatic nitrogens is 1. The number of rotatable bonds is 5. The lowest BCUT2D eigenvalue weighted by molar-refractivity contribution is -0.118. The van der Waals surface area contributed by atoms with E-state index < -0.39 is 0 Å². The monoisotopic (exact) mass is 340 g/mol. The second-order valence-electron chi connectivity index (χ2n) is 6.38. The molecule has 3 heteroatoms. The first kappa shape index (κ1) is 16.2. The summed E-state index contributed by atoms with van der Waals surface area (Å²) in [5.74, 6) is 0.0889. The number of nitrogens with zero attached hydrogens (tertiary/aromatic N) is 1. The maximum Gasteiger partial charge on any atom is 0.231 e. The summed E-state index contributed by atoms with van der Waals surface area (Å²) in [4.78, 5) is 18.2. The van der Waals surface area contributed by atoms with E-state index in [0.717, 1.165) is 27.7 Å². The number of benzene rings is 3. The Hall–Kier alpha value is -3.33. The van der Waals surface area contributed by atoms with E-state index in [1.165, 1.54) is 0 Å². The zero-order chi connectivity index (χ0) is 17.8. The maximum atomic E-state index is 13.1. The third-order valence-electron chi connectivity index (χ3n) is 4.53. The van der Waals surface area contributed by atoms with Crippen molar-refractivity contribution in [2.75, 3.05) is 4.90 Å². The van der Waals surface area contributed by atoms with Crippen molar-refractivity contribution < 1.29 is 4.79 Å². The maximum absolute atomic E-state index is 13.1. The number of H-pyrrole nitrogens is 1. The summed E-state index contributed by atoms with van der Waals surface area (Å²) in [6.07, 6.45) is 2.29. The van der Waals surface area contributed by atoms with Gasteiger partial charge in [-0.25, -0.2) is 0 Å². The van der Waals surface area contributed by atoms with Crippen LogP contribution in [0.1, 0.15) is 11.1 Å². The van der Waals surface area contributed by atoms with Crippen molar-refractivity contribution in [2.24, 2.45) is 0 Å². The number of amides is 1. The van der Waals surface area contributed by atoms with E-state index in [9.17, 15) is 4.79 Å². The number of nitrogens with one attached hydrogen (secondary N) is 1. The van der Waals surface area contributed by atoms with E-state index in [2.05, 4.69) is 17.1 Å². The van der Waals surface area contributed by atoms with Crippen molar-refractivity contribution >= 4 is 22.5 Å². The predicted molar refractivity (Wildman–Crippen MR) is 106 cm³/mol. The topological polar surface area (TPSA) is 36.1 Å². The van der Waals surface area contributed by atoms with E-state index in [1.807, 2.05) is 83.9 Å². The van der Waals surface area contributed by atoms with Gasteiger partial charge in [0.05, 0.1) is 13.0 Å². The summed E-state index contributed by atoms with van der Waals surface area (Å²) in [7, 11) is 0. The van der Waals surface area contributed by atoms with Crippen LogP contribution < -0.4 is 4.90 Å². The molecule has 0 bridgehead atoms. The van der Waals surface area contributed by atoms with Crippen LogP contribution >= 0.6 is 0 Å². The second-order valence-corrected chi connectivity index (χ2v) is 6.38. The van der Waals surface area contributed by atoms with E-state index in [-0.39, 0.29) is 5.91 Å². The molecule has 128 valence electrons. The third kappa shape index (κ3) is 3.52. The fourth-order valence-electron chi connectivity index (χ4n) is 3.17. The minimum atomic E-state index is 0.0889. The summed E-state index contributed by atoms with van der Waals surface area (Å²) >= 11 is 0. The summed E-state index contributed by atoms with van der Waals surface area (Å²) < 4.78 is 0. The van der Waals surface area contributed by atoms with Crippen LogP contribution in [0.5, 0.6) is 0 Å². The Morgan fingerprint density at radius 2 is 1.54 bits per heavy atom. The molecule has 0 radical (unpaired) electrons. The molecular formula is C23H20N2O. The van der Waals surface area contributed by atoms with Gasteiger partial charge in [-0.1, -0.05) is 60.7 Å². The van der Waals surface area contributed by atoms with E-state index in [0.29, 0.717) is 13.0 Å². The van der Waals surface area contributed by atoms with Gasteiger partial charge in [0.25, 0.3) is 0 Å². The smallest absolute Gasteiger partial charge is 0.231 e. The molecule has 0 unspecified atom stereocenters. The van der Waals surface area contributed by atoms with Gasteiger partial charge in [-0.2, -0.15) is 0 Å². The number of hydrogen-bond donors (Lipinski definition) is 1. The molecule has 26 heavy (non-hydrogen) atoms. The molecule has 3 aromatic carbocycles. The zero-order valence-corrected chi connectivity index (χ0v) is 14.4. The highest BCUT2D eigenvalue weighted by Crippen LogP contribution is 2.20. The first-order chi connectivity index (χ1) is 12.8. The van der Waals surface area contributed by atoms with Gasteiger partial charge in [0.15, 0.2) is 0 Å². The summed E-state index contributed by atoms with van der Waals surface area (Å²) in [5, 5.41) is 1.16. The number of para-hydroxylation sites is 1. The largest absolute Gasteiger partial charge is 0.361 e. The van der Waals surface area contributed by atoms with Gasteiger partial charge in [-0.05, 0) is 40.8 Å². The fourth-order valence-corrected chi connectivity index (χ4v) is 3.17. The van der Waals surface area contributed by atoms with Crippen LogP contribution in [0.2, 0.25) is 0 Å². The average Bonchev–Trinajstić information content (AvgIpc) is 3.15. The number of hydrogen-bond acceptors (Lipinski definition) is 1. The standard InChI is InChI=1S/C23H20N2O/c26-23(16-19-11-12-20-13-14-24-22(20)15-19)25(21-9-5-2-6-10-21)17-18-7-3-1-4-8-18/h1-15,24H,16-17H2. The summed E-state index contributed by atoms with van der Waals surface area (Å²) in [6, 6.07) is 28.1. The lowest BCUT2D eigenvalue weighted by Crippen LogP contribution is -2.31. The van der Waals surface area contributed by atoms with Crippen molar-refractivity contribution in [3.63, 3.8) is 0 Å². The average molecular weight is 340 g/mol. The van der Waals surface area contributed by atoms with Crippen LogP contribution in [0.4, 0.5) is 5.69 Å². The molecule has 1 amide bonds. The van der Waals surface area contributed by atoms with Crippen LogP contribution in [0, 0.1) is 0 Å².